The van der Waals surface area contributed by atoms with Crippen LogP contribution in [0.5, 0.6) is 0 Å². The second-order valence-corrected chi connectivity index (χ2v) is 3.63. The van der Waals surface area contributed by atoms with Crippen LogP contribution in [0.2, 0.25) is 5.02 Å². The van der Waals surface area contributed by atoms with Crippen LogP contribution in [0.3, 0.4) is 0 Å². The van der Waals surface area contributed by atoms with Gasteiger partial charge in [-0.3, -0.25) is 4.79 Å². The van der Waals surface area contributed by atoms with E-state index in [1.807, 2.05) is 12.1 Å². The van der Waals surface area contributed by atoms with E-state index in [2.05, 4.69) is 0 Å². The monoisotopic (exact) mass is 249 g/mol. The van der Waals surface area contributed by atoms with Gasteiger partial charge >= 0.3 is 5.97 Å². The van der Waals surface area contributed by atoms with E-state index in [0.717, 1.165) is 5.56 Å². The molecule has 1 aromatic carbocycles. The Morgan fingerprint density at radius 2 is 2.20 bits per heavy atom. The molecule has 1 atom stereocenters. The summed E-state index contributed by atoms with van der Waals surface area (Å²) in [5.41, 5.74) is 6.60. The number of aliphatic carboxylic acids is 1. The van der Waals surface area contributed by atoms with Crippen molar-refractivity contribution in [2.75, 3.05) is 0 Å². The third-order valence-corrected chi connectivity index (χ3v) is 2.06. The summed E-state index contributed by atoms with van der Waals surface area (Å²) < 4.78 is 0. The van der Waals surface area contributed by atoms with Gasteiger partial charge in [0.2, 0.25) is 0 Å². The first-order valence-electron chi connectivity index (χ1n) is 4.30. The maximum atomic E-state index is 10.4. The molecule has 0 unspecified atom stereocenters. The van der Waals surface area contributed by atoms with Crippen molar-refractivity contribution in [2.45, 2.75) is 18.9 Å². The number of carbonyl (C=O) groups is 1. The third kappa shape index (κ3) is 5.62. The summed E-state index contributed by atoms with van der Waals surface area (Å²) >= 11 is 5.78. The number of carboxylic acid groups (broad SMARTS) is 1. The molecule has 1 rings (SSSR count). The minimum Gasteiger partial charge on any atom is -0.481 e. The molecule has 5 heteroatoms. The van der Waals surface area contributed by atoms with Gasteiger partial charge in [-0.25, -0.2) is 0 Å². The van der Waals surface area contributed by atoms with Crippen molar-refractivity contribution in [3.05, 3.63) is 34.9 Å². The van der Waals surface area contributed by atoms with Gasteiger partial charge in [0.05, 0.1) is 6.42 Å². The minimum absolute atomic E-state index is 0. The smallest absolute Gasteiger partial charge is 0.304 e. The quantitative estimate of drug-likeness (QED) is 0.860. The Morgan fingerprint density at radius 1 is 1.53 bits per heavy atom. The molecule has 3 nitrogen and oxygen atoms in total. The lowest BCUT2D eigenvalue weighted by Crippen LogP contribution is -2.26. The number of nitrogens with two attached hydrogens (primary N) is 1. The second kappa shape index (κ2) is 6.67. The average Bonchev–Trinajstić information content (AvgIpc) is 2.01. The highest BCUT2D eigenvalue weighted by Gasteiger charge is 2.08. The van der Waals surface area contributed by atoms with Crippen molar-refractivity contribution >= 4 is 30.0 Å². The number of hydrogen-bond donors (Lipinski definition) is 2. The molecule has 0 aliphatic heterocycles. The Kier molecular flexibility index (Phi) is 6.32. The van der Waals surface area contributed by atoms with Crippen LogP contribution < -0.4 is 5.73 Å². The van der Waals surface area contributed by atoms with Crippen molar-refractivity contribution in [1.82, 2.24) is 0 Å². The molecule has 0 spiro atoms. The molecule has 0 saturated carbocycles. The van der Waals surface area contributed by atoms with Crippen LogP contribution >= 0.6 is 24.0 Å². The molecule has 0 fully saturated rings. The Morgan fingerprint density at radius 3 is 2.73 bits per heavy atom. The van der Waals surface area contributed by atoms with Crippen LogP contribution in [0.4, 0.5) is 0 Å². The SMILES string of the molecule is Cl.N[C@H](CC(=O)O)Cc1cccc(Cl)c1. The standard InChI is InChI=1S/C10H12ClNO2.ClH/c11-8-3-1-2-7(4-8)5-9(12)6-10(13)14;/h1-4,9H,5-6,12H2,(H,13,14);1H/t9-;/m0./s1. The summed E-state index contributed by atoms with van der Waals surface area (Å²) in [6.07, 6.45) is 0.513. The summed E-state index contributed by atoms with van der Waals surface area (Å²) in [5, 5.41) is 9.15. The molecule has 0 bridgehead atoms. The molecular formula is C10H13Cl2NO2. The lowest BCUT2D eigenvalue weighted by Gasteiger charge is -2.08. The van der Waals surface area contributed by atoms with Gasteiger partial charge in [0, 0.05) is 11.1 Å². The molecule has 0 saturated heterocycles. The van der Waals surface area contributed by atoms with Gasteiger partial charge in [-0.15, -0.1) is 12.4 Å². The first kappa shape index (κ1) is 14.2. The van der Waals surface area contributed by atoms with E-state index in [1.54, 1.807) is 12.1 Å². The first-order chi connectivity index (χ1) is 6.58. The number of halogens is 2. The van der Waals surface area contributed by atoms with Crippen molar-refractivity contribution in [3.8, 4) is 0 Å². The molecular weight excluding hydrogens is 237 g/mol. The first-order valence-corrected chi connectivity index (χ1v) is 4.67. The highest BCUT2D eigenvalue weighted by Crippen LogP contribution is 2.12. The van der Waals surface area contributed by atoms with Crippen LogP contribution in [-0.4, -0.2) is 17.1 Å². The topological polar surface area (TPSA) is 63.3 Å². The highest BCUT2D eigenvalue weighted by atomic mass is 35.5. The van der Waals surface area contributed by atoms with Crippen molar-refractivity contribution in [2.24, 2.45) is 5.73 Å². The summed E-state index contributed by atoms with van der Waals surface area (Å²) in [6.45, 7) is 0. The minimum atomic E-state index is -0.875. The molecule has 0 aliphatic rings. The van der Waals surface area contributed by atoms with Crippen molar-refractivity contribution in [3.63, 3.8) is 0 Å². The van der Waals surface area contributed by atoms with E-state index in [4.69, 9.17) is 22.4 Å². The second-order valence-electron chi connectivity index (χ2n) is 3.19. The maximum absolute atomic E-state index is 10.4. The predicted octanol–water partition coefficient (Wildman–Crippen LogP) is 2.11. The molecule has 0 radical (unpaired) electrons. The zero-order valence-corrected chi connectivity index (χ0v) is 9.59. The van der Waals surface area contributed by atoms with E-state index in [-0.39, 0.29) is 24.9 Å². The molecule has 0 aliphatic carbocycles. The molecule has 1 aromatic rings. The average molecular weight is 250 g/mol. The summed E-state index contributed by atoms with van der Waals surface area (Å²) in [7, 11) is 0. The van der Waals surface area contributed by atoms with Gasteiger partial charge in [0.1, 0.15) is 0 Å². The molecule has 0 amide bonds. The normalized spacial score (nSPS) is 11.6. The molecule has 0 heterocycles. The summed E-state index contributed by atoms with van der Waals surface area (Å²) in [4.78, 5) is 10.4. The summed E-state index contributed by atoms with van der Waals surface area (Å²) in [6, 6.07) is 6.92. The Bertz CT molecular complexity index is 331. The van der Waals surface area contributed by atoms with Crippen LogP contribution in [-0.2, 0) is 11.2 Å². The van der Waals surface area contributed by atoms with Gasteiger partial charge in [0.25, 0.3) is 0 Å². The maximum Gasteiger partial charge on any atom is 0.304 e. The van der Waals surface area contributed by atoms with E-state index in [1.165, 1.54) is 0 Å². The molecule has 0 aromatic heterocycles. The number of benzene rings is 1. The van der Waals surface area contributed by atoms with Gasteiger partial charge in [-0.05, 0) is 24.1 Å². The van der Waals surface area contributed by atoms with Crippen LogP contribution in [0, 0.1) is 0 Å². The zero-order valence-electron chi connectivity index (χ0n) is 8.02. The van der Waals surface area contributed by atoms with Crippen molar-refractivity contribution < 1.29 is 9.90 Å². The lowest BCUT2D eigenvalue weighted by molar-refractivity contribution is -0.137. The van der Waals surface area contributed by atoms with E-state index >= 15 is 0 Å². The van der Waals surface area contributed by atoms with Crippen LogP contribution in [0.25, 0.3) is 0 Å². The van der Waals surface area contributed by atoms with E-state index < -0.39 is 5.97 Å². The summed E-state index contributed by atoms with van der Waals surface area (Å²) in [5.74, 6) is -0.875. The highest BCUT2D eigenvalue weighted by molar-refractivity contribution is 6.30. The van der Waals surface area contributed by atoms with E-state index in [9.17, 15) is 4.79 Å². The fourth-order valence-corrected chi connectivity index (χ4v) is 1.48. The molecule has 15 heavy (non-hydrogen) atoms. The largest absolute Gasteiger partial charge is 0.481 e. The number of carboxylic acids is 1. The predicted molar refractivity (Wildman–Crippen MR) is 62.6 cm³/mol. The zero-order chi connectivity index (χ0) is 10.6. The van der Waals surface area contributed by atoms with Gasteiger partial charge in [0.15, 0.2) is 0 Å². The molecule has 3 N–H and O–H groups in total. The van der Waals surface area contributed by atoms with Crippen LogP contribution in [0.15, 0.2) is 24.3 Å². The Labute approximate surface area is 99.6 Å². The van der Waals surface area contributed by atoms with E-state index in [0.29, 0.717) is 11.4 Å². The Hall–Kier alpha value is -0.770. The number of rotatable bonds is 4. The fraction of sp³-hybridized carbons (Fsp3) is 0.300. The van der Waals surface area contributed by atoms with Gasteiger partial charge in [-0.1, -0.05) is 23.7 Å². The van der Waals surface area contributed by atoms with Crippen molar-refractivity contribution in [1.29, 1.82) is 0 Å². The number of hydrogen-bond acceptors (Lipinski definition) is 2. The Balaban J connectivity index is 0.00000196. The fourth-order valence-electron chi connectivity index (χ4n) is 1.26. The molecule has 84 valence electrons. The van der Waals surface area contributed by atoms with Gasteiger partial charge in [-0.2, -0.15) is 0 Å². The third-order valence-electron chi connectivity index (χ3n) is 1.82. The van der Waals surface area contributed by atoms with Gasteiger partial charge < -0.3 is 10.8 Å². The van der Waals surface area contributed by atoms with Crippen LogP contribution in [0.1, 0.15) is 12.0 Å². The lowest BCUT2D eigenvalue weighted by atomic mass is 10.0.